The van der Waals surface area contributed by atoms with Crippen molar-refractivity contribution in [1.29, 1.82) is 0 Å². The first-order valence-electron chi connectivity index (χ1n) is 5.67. The molecular weight excluding hydrogens is 301 g/mol. The summed E-state index contributed by atoms with van der Waals surface area (Å²) in [5, 5.41) is 21.7. The second-order valence-electron chi connectivity index (χ2n) is 4.26. The summed E-state index contributed by atoms with van der Waals surface area (Å²) in [5.74, 6) is -0.863. The molecule has 0 fully saturated rings. The van der Waals surface area contributed by atoms with Gasteiger partial charge >= 0.3 is 0 Å². The summed E-state index contributed by atoms with van der Waals surface area (Å²) in [6.07, 6.45) is 0. The zero-order chi connectivity index (χ0) is 14.9. The zero-order valence-electron chi connectivity index (χ0n) is 10.4. The van der Waals surface area contributed by atoms with Crippen LogP contribution in [0, 0.1) is 6.92 Å². The van der Waals surface area contributed by atoms with Gasteiger partial charge in [0.25, 0.3) is 5.91 Å². The van der Waals surface area contributed by atoms with E-state index in [2.05, 4.69) is 5.32 Å². The van der Waals surface area contributed by atoms with Crippen molar-refractivity contribution in [3.63, 3.8) is 0 Å². The molecule has 0 radical (unpaired) electrons. The molecule has 2 aromatic carbocycles. The predicted molar refractivity (Wildman–Crippen MR) is 78.9 cm³/mol. The van der Waals surface area contributed by atoms with E-state index < -0.39 is 5.91 Å². The van der Waals surface area contributed by atoms with Crippen molar-refractivity contribution in [1.82, 2.24) is 0 Å². The van der Waals surface area contributed by atoms with E-state index in [1.807, 2.05) is 6.92 Å². The Morgan fingerprint density at radius 1 is 1.10 bits per heavy atom. The molecule has 0 spiro atoms. The van der Waals surface area contributed by atoms with Crippen LogP contribution in [-0.4, -0.2) is 16.1 Å². The van der Waals surface area contributed by atoms with Crippen LogP contribution in [0.3, 0.4) is 0 Å². The highest BCUT2D eigenvalue weighted by molar-refractivity contribution is 6.37. The van der Waals surface area contributed by atoms with Gasteiger partial charge in [-0.1, -0.05) is 34.8 Å². The van der Waals surface area contributed by atoms with Crippen LogP contribution in [-0.2, 0) is 0 Å². The number of phenolic OH excluding ortho intramolecular Hbond substituents is 2. The topological polar surface area (TPSA) is 69.6 Å². The summed E-state index contributed by atoms with van der Waals surface area (Å²) in [4.78, 5) is 12.1. The molecule has 0 aliphatic rings. The minimum atomic E-state index is -0.496. The summed E-state index contributed by atoms with van der Waals surface area (Å²) in [6, 6.07) is 7.44. The van der Waals surface area contributed by atoms with Crippen LogP contribution in [0.1, 0.15) is 15.9 Å². The first-order valence-corrected chi connectivity index (χ1v) is 6.43. The summed E-state index contributed by atoms with van der Waals surface area (Å²) >= 11 is 11.5. The third-order valence-corrected chi connectivity index (χ3v) is 3.25. The van der Waals surface area contributed by atoms with Gasteiger partial charge < -0.3 is 15.5 Å². The van der Waals surface area contributed by atoms with Gasteiger partial charge in [-0.2, -0.15) is 0 Å². The Morgan fingerprint density at radius 3 is 2.30 bits per heavy atom. The molecule has 0 saturated heterocycles. The third kappa shape index (κ3) is 2.98. The van der Waals surface area contributed by atoms with E-state index in [-0.39, 0.29) is 27.1 Å². The van der Waals surface area contributed by atoms with Crippen LogP contribution in [0.25, 0.3) is 0 Å². The maximum absolute atomic E-state index is 12.1. The monoisotopic (exact) mass is 311 g/mol. The highest BCUT2D eigenvalue weighted by Crippen LogP contribution is 2.34. The van der Waals surface area contributed by atoms with E-state index in [0.717, 1.165) is 5.56 Å². The van der Waals surface area contributed by atoms with Crippen molar-refractivity contribution in [2.75, 3.05) is 5.32 Å². The smallest absolute Gasteiger partial charge is 0.259 e. The lowest BCUT2D eigenvalue weighted by Gasteiger charge is -2.09. The third-order valence-electron chi connectivity index (χ3n) is 2.67. The van der Waals surface area contributed by atoms with Crippen molar-refractivity contribution >= 4 is 34.8 Å². The summed E-state index contributed by atoms with van der Waals surface area (Å²) in [7, 11) is 0. The van der Waals surface area contributed by atoms with Crippen LogP contribution in [0.2, 0.25) is 10.0 Å². The van der Waals surface area contributed by atoms with E-state index in [9.17, 15) is 15.0 Å². The van der Waals surface area contributed by atoms with Gasteiger partial charge in [0.2, 0.25) is 0 Å². The van der Waals surface area contributed by atoms with Gasteiger partial charge in [0, 0.05) is 5.69 Å². The van der Waals surface area contributed by atoms with Crippen LogP contribution < -0.4 is 5.32 Å². The number of halogens is 2. The number of hydrogen-bond donors (Lipinski definition) is 3. The number of aromatic hydroxyl groups is 2. The quantitative estimate of drug-likeness (QED) is 0.735. The Bertz CT molecular complexity index is 663. The molecule has 1 amide bonds. The molecule has 0 aliphatic heterocycles. The maximum Gasteiger partial charge on any atom is 0.259 e. The number of carbonyl (C=O) groups is 1. The fourth-order valence-electron chi connectivity index (χ4n) is 1.67. The number of phenols is 2. The molecule has 0 unspecified atom stereocenters. The number of rotatable bonds is 2. The molecule has 0 aromatic heterocycles. The summed E-state index contributed by atoms with van der Waals surface area (Å²) < 4.78 is 0. The molecule has 6 heteroatoms. The molecular formula is C14H11Cl2NO3. The number of hydrogen-bond acceptors (Lipinski definition) is 3. The summed E-state index contributed by atoms with van der Waals surface area (Å²) in [6.45, 7) is 1.81. The molecule has 2 rings (SSSR count). The SMILES string of the molecule is Cc1ccc(O)c(C(=O)Nc2cc(Cl)c(O)c(Cl)c2)c1. The largest absolute Gasteiger partial charge is 0.507 e. The average Bonchev–Trinajstić information content (AvgIpc) is 2.38. The van der Waals surface area contributed by atoms with Crippen molar-refractivity contribution in [2.45, 2.75) is 6.92 Å². The molecule has 0 heterocycles. The van der Waals surface area contributed by atoms with Crippen molar-refractivity contribution in [2.24, 2.45) is 0 Å². The molecule has 20 heavy (non-hydrogen) atoms. The van der Waals surface area contributed by atoms with E-state index in [0.29, 0.717) is 5.69 Å². The Kier molecular flexibility index (Phi) is 4.06. The zero-order valence-corrected chi connectivity index (χ0v) is 12.0. The van der Waals surface area contributed by atoms with E-state index in [4.69, 9.17) is 23.2 Å². The number of aryl methyl sites for hydroxylation is 1. The normalized spacial score (nSPS) is 10.3. The van der Waals surface area contributed by atoms with Gasteiger partial charge in [-0.05, 0) is 31.2 Å². The lowest BCUT2D eigenvalue weighted by molar-refractivity contribution is 0.102. The molecule has 0 saturated carbocycles. The molecule has 3 N–H and O–H groups in total. The second-order valence-corrected chi connectivity index (χ2v) is 5.08. The first-order chi connectivity index (χ1) is 9.38. The van der Waals surface area contributed by atoms with Crippen molar-refractivity contribution in [3.05, 3.63) is 51.5 Å². The average molecular weight is 312 g/mol. The molecule has 0 bridgehead atoms. The Morgan fingerprint density at radius 2 is 1.70 bits per heavy atom. The number of carbonyl (C=O) groups excluding carboxylic acids is 1. The Balaban J connectivity index is 2.30. The van der Waals surface area contributed by atoms with Gasteiger partial charge in [0.05, 0.1) is 15.6 Å². The number of amides is 1. The van der Waals surface area contributed by atoms with Crippen LogP contribution >= 0.6 is 23.2 Å². The van der Waals surface area contributed by atoms with E-state index in [1.54, 1.807) is 12.1 Å². The minimum Gasteiger partial charge on any atom is -0.507 e. The fourth-order valence-corrected chi connectivity index (χ4v) is 2.15. The Labute approximate surface area is 125 Å². The Hall–Kier alpha value is -1.91. The molecule has 0 aliphatic carbocycles. The summed E-state index contributed by atoms with van der Waals surface area (Å²) in [5.41, 5.74) is 1.31. The van der Waals surface area contributed by atoms with Crippen LogP contribution in [0.15, 0.2) is 30.3 Å². The molecule has 2 aromatic rings. The van der Waals surface area contributed by atoms with Gasteiger partial charge in [-0.15, -0.1) is 0 Å². The second kappa shape index (κ2) is 5.61. The van der Waals surface area contributed by atoms with E-state index >= 15 is 0 Å². The maximum atomic E-state index is 12.1. The van der Waals surface area contributed by atoms with Crippen molar-refractivity contribution < 1.29 is 15.0 Å². The molecule has 0 atom stereocenters. The fraction of sp³-hybridized carbons (Fsp3) is 0.0714. The number of anilines is 1. The first kappa shape index (κ1) is 14.5. The number of benzene rings is 2. The highest BCUT2D eigenvalue weighted by atomic mass is 35.5. The molecule has 4 nitrogen and oxygen atoms in total. The minimum absolute atomic E-state index is 0.0289. The van der Waals surface area contributed by atoms with Crippen LogP contribution in [0.5, 0.6) is 11.5 Å². The lowest BCUT2D eigenvalue weighted by atomic mass is 10.1. The lowest BCUT2D eigenvalue weighted by Crippen LogP contribution is -2.12. The van der Waals surface area contributed by atoms with E-state index in [1.165, 1.54) is 18.2 Å². The van der Waals surface area contributed by atoms with Crippen LogP contribution in [0.4, 0.5) is 5.69 Å². The predicted octanol–water partition coefficient (Wildman–Crippen LogP) is 3.97. The standard InChI is InChI=1S/C14H11Cl2NO3/c1-7-2-3-12(18)9(4-7)14(20)17-8-5-10(15)13(19)11(16)6-8/h2-6,18-19H,1H3,(H,17,20). The number of nitrogens with one attached hydrogen (secondary N) is 1. The van der Waals surface area contributed by atoms with Gasteiger partial charge in [0.15, 0.2) is 5.75 Å². The van der Waals surface area contributed by atoms with Crippen molar-refractivity contribution in [3.8, 4) is 11.5 Å². The van der Waals surface area contributed by atoms with Gasteiger partial charge in [-0.25, -0.2) is 0 Å². The molecule has 104 valence electrons. The van der Waals surface area contributed by atoms with Gasteiger partial charge in [0.1, 0.15) is 5.75 Å². The highest BCUT2D eigenvalue weighted by Gasteiger charge is 2.13. The van der Waals surface area contributed by atoms with Gasteiger partial charge in [-0.3, -0.25) is 4.79 Å².